The van der Waals surface area contributed by atoms with E-state index in [0.717, 1.165) is 38.4 Å². The predicted molar refractivity (Wildman–Crippen MR) is 158 cm³/mol. The molecule has 0 spiro atoms. The van der Waals surface area contributed by atoms with Gasteiger partial charge in [-0.25, -0.2) is 8.78 Å². The number of nitrogens with one attached hydrogen (secondary N) is 1. The van der Waals surface area contributed by atoms with E-state index in [1.807, 2.05) is 32.6 Å². The lowest BCUT2D eigenvalue weighted by atomic mass is 9.75. The first-order chi connectivity index (χ1) is 19.4. The van der Waals surface area contributed by atoms with Gasteiger partial charge < -0.3 is 15.0 Å². The topological polar surface area (TPSA) is 61.9 Å². The van der Waals surface area contributed by atoms with Crippen molar-refractivity contribution in [2.45, 2.75) is 104 Å². The van der Waals surface area contributed by atoms with Gasteiger partial charge in [0.2, 0.25) is 5.91 Å². The van der Waals surface area contributed by atoms with Crippen molar-refractivity contribution in [3.05, 3.63) is 34.3 Å². The number of halogens is 3. The van der Waals surface area contributed by atoms with Gasteiger partial charge in [-0.05, 0) is 69.9 Å². The molecular weight excluding hydrogens is 548 g/mol. The zero-order valence-electron chi connectivity index (χ0n) is 25.2. The van der Waals surface area contributed by atoms with Gasteiger partial charge in [-0.1, -0.05) is 49.9 Å². The average Bonchev–Trinajstić information content (AvgIpc) is 3.21. The number of esters is 1. The number of carbonyl (C=O) groups is 2. The molecule has 1 aromatic rings. The Bertz CT molecular complexity index is 1050. The van der Waals surface area contributed by atoms with Gasteiger partial charge in [0.05, 0.1) is 11.8 Å². The molecule has 0 aromatic heterocycles. The van der Waals surface area contributed by atoms with E-state index in [-0.39, 0.29) is 48.0 Å². The lowest BCUT2D eigenvalue weighted by Gasteiger charge is -2.38. The molecule has 1 aliphatic carbocycles. The largest absolute Gasteiger partial charge is 0.460 e. The highest BCUT2D eigenvalue weighted by atomic mass is 35.5. The van der Waals surface area contributed by atoms with Gasteiger partial charge in [0.1, 0.15) is 5.60 Å². The quantitative estimate of drug-likeness (QED) is 0.326. The van der Waals surface area contributed by atoms with Crippen LogP contribution in [0.5, 0.6) is 0 Å². The summed E-state index contributed by atoms with van der Waals surface area (Å²) in [6, 6.07) is 4.59. The number of nitrogens with zero attached hydrogens (tertiary/aromatic N) is 2. The minimum Gasteiger partial charge on any atom is -0.460 e. The van der Waals surface area contributed by atoms with E-state index in [1.54, 1.807) is 6.07 Å². The zero-order chi connectivity index (χ0) is 29.8. The van der Waals surface area contributed by atoms with Crippen molar-refractivity contribution < 1.29 is 23.1 Å². The molecule has 1 aromatic carbocycles. The van der Waals surface area contributed by atoms with Gasteiger partial charge in [0.15, 0.2) is 0 Å². The van der Waals surface area contributed by atoms with Crippen LogP contribution in [-0.2, 0) is 20.9 Å². The van der Waals surface area contributed by atoms with Gasteiger partial charge in [0, 0.05) is 55.9 Å². The normalized spacial score (nSPS) is 25.5. The SMILES string of the molecule is C[C@H]1CN(Cc2c(Cl)cccc2C(F)F)C[C@]1(CC(=O)OC(C)(C)C)C(=O)NC1CCN(CC2CCCCC2)CC1. The van der Waals surface area contributed by atoms with Gasteiger partial charge in [0.25, 0.3) is 6.43 Å². The summed E-state index contributed by atoms with van der Waals surface area (Å²) in [6.07, 6.45) is 5.75. The Balaban J connectivity index is 1.45. The summed E-state index contributed by atoms with van der Waals surface area (Å²) in [4.78, 5) is 31.7. The number of hydrogen-bond acceptors (Lipinski definition) is 5. The van der Waals surface area contributed by atoms with E-state index < -0.39 is 23.4 Å². The molecule has 1 amide bonds. The molecule has 2 atom stereocenters. The van der Waals surface area contributed by atoms with Crippen LogP contribution in [0.4, 0.5) is 8.78 Å². The number of piperidine rings is 1. The average molecular weight is 596 g/mol. The first-order valence-electron chi connectivity index (χ1n) is 15.4. The smallest absolute Gasteiger partial charge is 0.307 e. The fraction of sp³-hybridized carbons (Fsp3) is 0.750. The molecule has 1 saturated carbocycles. The zero-order valence-corrected chi connectivity index (χ0v) is 25.9. The lowest BCUT2D eigenvalue weighted by molar-refractivity contribution is -0.161. The third-order valence-corrected chi connectivity index (χ3v) is 9.60. The predicted octanol–water partition coefficient (Wildman–Crippen LogP) is 6.61. The molecule has 0 bridgehead atoms. The number of carbonyl (C=O) groups excluding carboxylic acids is 2. The molecule has 2 heterocycles. The van der Waals surface area contributed by atoms with Crippen LogP contribution in [0, 0.1) is 17.3 Å². The first kappa shape index (κ1) is 32.2. The number of rotatable bonds is 9. The van der Waals surface area contributed by atoms with E-state index in [4.69, 9.17) is 16.3 Å². The Morgan fingerprint density at radius 1 is 1.10 bits per heavy atom. The van der Waals surface area contributed by atoms with E-state index in [9.17, 15) is 18.4 Å². The van der Waals surface area contributed by atoms with Crippen molar-refractivity contribution in [1.29, 1.82) is 0 Å². The molecular formula is C32H48ClF2N3O3. The Kier molecular flexibility index (Phi) is 10.7. The van der Waals surface area contributed by atoms with Crippen LogP contribution >= 0.6 is 11.6 Å². The van der Waals surface area contributed by atoms with Gasteiger partial charge >= 0.3 is 5.97 Å². The van der Waals surface area contributed by atoms with E-state index in [1.165, 1.54) is 44.2 Å². The summed E-state index contributed by atoms with van der Waals surface area (Å²) in [5.41, 5.74) is -1.42. The standard InChI is InChI=1S/C32H48ClF2N3O3/c1-22-18-38(20-26-25(29(34)35)11-8-12-27(26)33)21-32(22,17-28(39)41-31(2,3)4)30(40)36-24-13-15-37(16-14-24)19-23-9-6-5-7-10-23/h8,11-12,22-24,29H,5-7,9-10,13-21H2,1-4H3,(H,36,40)/t22-,32-/m0/s1. The second-order valence-corrected chi connectivity index (χ2v) is 14.1. The molecule has 2 saturated heterocycles. The molecule has 6 nitrogen and oxygen atoms in total. The maximum atomic E-state index is 14.1. The fourth-order valence-corrected chi connectivity index (χ4v) is 7.28. The molecule has 0 radical (unpaired) electrons. The van der Waals surface area contributed by atoms with Crippen molar-refractivity contribution in [2.75, 3.05) is 32.7 Å². The van der Waals surface area contributed by atoms with E-state index in [0.29, 0.717) is 12.1 Å². The van der Waals surface area contributed by atoms with E-state index >= 15 is 0 Å². The summed E-state index contributed by atoms with van der Waals surface area (Å²) in [5, 5.41) is 3.59. The van der Waals surface area contributed by atoms with Crippen LogP contribution in [0.1, 0.15) is 96.6 Å². The number of amides is 1. The summed E-state index contributed by atoms with van der Waals surface area (Å²) < 4.78 is 33.2. The van der Waals surface area contributed by atoms with Gasteiger partial charge in [-0.2, -0.15) is 0 Å². The lowest BCUT2D eigenvalue weighted by Crippen LogP contribution is -2.53. The van der Waals surface area contributed by atoms with Crippen LogP contribution in [-0.4, -0.2) is 66.0 Å². The minimum absolute atomic E-state index is 0.0517. The second kappa shape index (κ2) is 13.7. The van der Waals surface area contributed by atoms with Crippen LogP contribution in [0.15, 0.2) is 18.2 Å². The van der Waals surface area contributed by atoms with Crippen molar-refractivity contribution >= 4 is 23.5 Å². The summed E-state index contributed by atoms with van der Waals surface area (Å²) in [7, 11) is 0. The summed E-state index contributed by atoms with van der Waals surface area (Å²) in [6.45, 7) is 11.4. The molecule has 41 heavy (non-hydrogen) atoms. The minimum atomic E-state index is -2.65. The molecule has 9 heteroatoms. The van der Waals surface area contributed by atoms with E-state index in [2.05, 4.69) is 10.2 Å². The Morgan fingerprint density at radius 2 is 1.78 bits per heavy atom. The molecule has 3 aliphatic rings. The summed E-state index contributed by atoms with van der Waals surface area (Å²) in [5.74, 6) is 0.0481. The Labute approximate surface area is 249 Å². The first-order valence-corrected chi connectivity index (χ1v) is 15.8. The Morgan fingerprint density at radius 3 is 2.41 bits per heavy atom. The van der Waals surface area contributed by atoms with Crippen LogP contribution in [0.2, 0.25) is 5.02 Å². The third kappa shape index (κ3) is 8.41. The van der Waals surface area contributed by atoms with Crippen LogP contribution in [0.3, 0.4) is 0 Å². The van der Waals surface area contributed by atoms with Gasteiger partial charge in [-0.15, -0.1) is 0 Å². The Hall–Kier alpha value is -1.77. The maximum absolute atomic E-state index is 14.1. The molecule has 0 unspecified atom stereocenters. The van der Waals surface area contributed by atoms with Crippen molar-refractivity contribution in [1.82, 2.24) is 15.1 Å². The number of benzene rings is 1. The third-order valence-electron chi connectivity index (χ3n) is 9.25. The van der Waals surface area contributed by atoms with Crippen molar-refractivity contribution in [2.24, 2.45) is 17.3 Å². The second-order valence-electron chi connectivity index (χ2n) is 13.7. The fourth-order valence-electron chi connectivity index (χ4n) is 7.04. The highest BCUT2D eigenvalue weighted by molar-refractivity contribution is 6.31. The van der Waals surface area contributed by atoms with Crippen LogP contribution < -0.4 is 5.32 Å². The number of likely N-dealkylation sites (tertiary alicyclic amines) is 2. The number of hydrogen-bond donors (Lipinski definition) is 1. The highest BCUT2D eigenvalue weighted by Crippen LogP contribution is 2.42. The molecule has 230 valence electrons. The monoisotopic (exact) mass is 595 g/mol. The van der Waals surface area contributed by atoms with Crippen molar-refractivity contribution in [3.63, 3.8) is 0 Å². The molecule has 4 rings (SSSR count). The summed E-state index contributed by atoms with van der Waals surface area (Å²) >= 11 is 6.36. The number of alkyl halides is 2. The highest BCUT2D eigenvalue weighted by Gasteiger charge is 2.52. The molecule has 2 aliphatic heterocycles. The van der Waals surface area contributed by atoms with Gasteiger partial charge in [-0.3, -0.25) is 14.5 Å². The molecule has 3 fully saturated rings. The maximum Gasteiger partial charge on any atom is 0.307 e. The molecule has 1 N–H and O–H groups in total. The number of ether oxygens (including phenoxy) is 1. The van der Waals surface area contributed by atoms with Crippen LogP contribution in [0.25, 0.3) is 0 Å². The van der Waals surface area contributed by atoms with Crippen molar-refractivity contribution in [3.8, 4) is 0 Å².